The number of alkyl halides is 1. The normalized spacial score (nSPS) is 18.3. The zero-order valence-corrected chi connectivity index (χ0v) is 24.3. The van der Waals surface area contributed by atoms with Crippen molar-refractivity contribution >= 4 is 46.5 Å². The lowest BCUT2D eigenvalue weighted by Crippen LogP contribution is -2.59. The van der Waals surface area contributed by atoms with Crippen LogP contribution in [0.1, 0.15) is 41.6 Å². The van der Waals surface area contributed by atoms with Crippen molar-refractivity contribution in [2.75, 3.05) is 44.9 Å². The molecule has 0 aliphatic carbocycles. The Morgan fingerprint density at radius 2 is 1.82 bits per heavy atom. The smallest absolute Gasteiger partial charge is 0.251 e. The first-order valence-electron chi connectivity index (χ1n) is 13.2. The second-order valence-corrected chi connectivity index (χ2v) is 12.3. The molecule has 9 heteroatoms. The Kier molecular flexibility index (Phi) is 9.64. The fourth-order valence-electron chi connectivity index (χ4n) is 5.28. The van der Waals surface area contributed by atoms with E-state index in [-0.39, 0.29) is 21.3 Å². The summed E-state index contributed by atoms with van der Waals surface area (Å²) in [7, 11) is 1.77. The number of piperidine rings is 1. The molecule has 3 amide bonds. The summed E-state index contributed by atoms with van der Waals surface area (Å²) in [5, 5.41) is 3.09. The summed E-state index contributed by atoms with van der Waals surface area (Å²) in [6.07, 6.45) is 3.81. The van der Waals surface area contributed by atoms with Crippen molar-refractivity contribution in [3.05, 3.63) is 65.7 Å². The number of aryl methyl sites for hydroxylation is 1. The van der Waals surface area contributed by atoms with Gasteiger partial charge >= 0.3 is 0 Å². The number of ether oxygens (including phenoxy) is 1. The zero-order valence-electron chi connectivity index (χ0n) is 22.1. The van der Waals surface area contributed by atoms with Crippen LogP contribution in [0.3, 0.4) is 0 Å². The maximum Gasteiger partial charge on any atom is 0.251 e. The molecule has 2 aromatic carbocycles. The molecular weight excluding hydrogens is 595 g/mol. The predicted octanol–water partition coefficient (Wildman–Crippen LogP) is 3.83. The fraction of sp³-hybridized carbons (Fsp3) is 0.483. The van der Waals surface area contributed by atoms with Crippen LogP contribution in [0.15, 0.2) is 54.6 Å². The first-order valence-corrected chi connectivity index (χ1v) is 14.3. The van der Waals surface area contributed by atoms with Crippen LogP contribution in [-0.2, 0) is 14.3 Å². The number of para-hydroxylation sites is 1. The van der Waals surface area contributed by atoms with Gasteiger partial charge in [0, 0.05) is 44.6 Å². The third-order valence-electron chi connectivity index (χ3n) is 7.51. The number of nitrogens with one attached hydrogen (secondary N) is 1. The van der Waals surface area contributed by atoms with E-state index in [1.807, 2.05) is 48.2 Å². The molecule has 38 heavy (non-hydrogen) atoms. The average Bonchev–Trinajstić information content (AvgIpc) is 2.95. The molecule has 2 fully saturated rings. The van der Waals surface area contributed by atoms with E-state index in [2.05, 4.69) is 44.9 Å². The van der Waals surface area contributed by atoms with Gasteiger partial charge in [0.1, 0.15) is 6.04 Å². The Morgan fingerprint density at radius 3 is 2.45 bits per heavy atom. The maximum atomic E-state index is 13.9. The number of hydrogen-bond acceptors (Lipinski definition) is 5. The van der Waals surface area contributed by atoms with Crippen LogP contribution in [0.4, 0.5) is 5.69 Å². The van der Waals surface area contributed by atoms with Crippen LogP contribution in [0.5, 0.6) is 0 Å². The zero-order chi connectivity index (χ0) is 27.1. The van der Waals surface area contributed by atoms with E-state index < -0.39 is 6.04 Å². The lowest BCUT2D eigenvalue weighted by molar-refractivity contribution is -0.136. The van der Waals surface area contributed by atoms with Gasteiger partial charge in [-0.25, -0.2) is 0 Å². The average molecular weight is 633 g/mol. The van der Waals surface area contributed by atoms with Crippen molar-refractivity contribution in [3.8, 4) is 0 Å². The molecule has 204 valence electrons. The molecule has 0 bridgehead atoms. The van der Waals surface area contributed by atoms with Gasteiger partial charge in [0.2, 0.25) is 12.3 Å². The minimum atomic E-state index is -0.583. The molecule has 4 rings (SSSR count). The number of benzene rings is 2. The van der Waals surface area contributed by atoms with Crippen LogP contribution in [0.2, 0.25) is 0 Å². The monoisotopic (exact) mass is 632 g/mol. The van der Waals surface area contributed by atoms with Gasteiger partial charge < -0.3 is 24.8 Å². The topological polar surface area (TPSA) is 82.2 Å². The van der Waals surface area contributed by atoms with Crippen molar-refractivity contribution in [1.82, 2.24) is 15.1 Å². The van der Waals surface area contributed by atoms with Crippen LogP contribution < -0.4 is 10.2 Å². The number of carbonyl (C=O) groups excluding carboxylic acids is 3. The number of amides is 3. The second-order valence-electron chi connectivity index (χ2n) is 10.3. The van der Waals surface area contributed by atoms with E-state index in [9.17, 15) is 14.4 Å². The van der Waals surface area contributed by atoms with Crippen LogP contribution in [0, 0.1) is 12.8 Å². The minimum Gasteiger partial charge on any atom is -0.381 e. The third-order valence-corrected chi connectivity index (χ3v) is 9.17. The van der Waals surface area contributed by atoms with Crippen molar-refractivity contribution in [2.24, 2.45) is 5.92 Å². The Hall–Kier alpha value is -2.66. The van der Waals surface area contributed by atoms with Crippen LogP contribution in [0.25, 0.3) is 0 Å². The fourth-order valence-corrected chi connectivity index (χ4v) is 6.20. The summed E-state index contributed by atoms with van der Waals surface area (Å²) < 4.78 is 5.29. The van der Waals surface area contributed by atoms with E-state index in [1.165, 1.54) is 0 Å². The Morgan fingerprint density at radius 1 is 1.13 bits per heavy atom. The molecule has 0 unspecified atom stereocenters. The summed E-state index contributed by atoms with van der Waals surface area (Å²) in [5.41, 5.74) is 2.61. The Labute approximate surface area is 238 Å². The minimum absolute atomic E-state index is 0.0207. The highest BCUT2D eigenvalue weighted by Crippen LogP contribution is 2.39. The van der Waals surface area contributed by atoms with Gasteiger partial charge in [-0.15, -0.1) is 0 Å². The number of halogens is 1. The lowest BCUT2D eigenvalue weighted by Gasteiger charge is -2.48. The van der Waals surface area contributed by atoms with Gasteiger partial charge in [0.05, 0.1) is 10.2 Å². The molecular formula is C29H37IN4O4. The molecule has 2 aromatic rings. The molecule has 0 radical (unpaired) electrons. The number of likely N-dealkylation sites (tertiary alicyclic amines) is 1. The summed E-state index contributed by atoms with van der Waals surface area (Å²) in [5.74, 6) is -0.197. The van der Waals surface area contributed by atoms with Crippen molar-refractivity contribution < 1.29 is 19.1 Å². The van der Waals surface area contributed by atoms with Gasteiger partial charge in [-0.2, -0.15) is 0 Å². The number of carbonyl (C=O) groups is 3. The van der Waals surface area contributed by atoms with Gasteiger partial charge in [0.25, 0.3) is 5.91 Å². The van der Waals surface area contributed by atoms with Crippen molar-refractivity contribution in [1.29, 1.82) is 0 Å². The summed E-state index contributed by atoms with van der Waals surface area (Å²) >= 11 is 2.49. The standard InChI is InChI=1S/C29H37IN4O4/c1-22-7-6-8-24(19-22)27(36)31-26(23-11-17-38-18-12-23)28(37)33-15-13-29(30,14-16-33)34(20-32(2)21-35)25-9-4-3-5-10-25/h3-10,19,21,23,26H,11-18,20H2,1-2H3,(H,31,36)/t26-/m0/s1. The summed E-state index contributed by atoms with van der Waals surface area (Å²) in [6.45, 7) is 4.77. The largest absolute Gasteiger partial charge is 0.381 e. The number of hydrogen-bond donors (Lipinski definition) is 1. The maximum absolute atomic E-state index is 13.9. The van der Waals surface area contributed by atoms with Crippen molar-refractivity contribution in [3.63, 3.8) is 0 Å². The van der Waals surface area contributed by atoms with E-state index in [0.717, 1.165) is 43.3 Å². The number of rotatable bonds is 9. The third kappa shape index (κ3) is 6.85. The number of nitrogens with zero attached hydrogens (tertiary/aromatic N) is 3. The molecule has 1 N–H and O–H groups in total. The number of anilines is 1. The van der Waals surface area contributed by atoms with Crippen LogP contribution >= 0.6 is 22.6 Å². The van der Waals surface area contributed by atoms with Gasteiger partial charge in [0.15, 0.2) is 0 Å². The highest BCUT2D eigenvalue weighted by Gasteiger charge is 2.42. The highest BCUT2D eigenvalue weighted by molar-refractivity contribution is 14.1. The molecule has 2 aliphatic heterocycles. The Bertz CT molecular complexity index is 1100. The first-order chi connectivity index (χ1) is 18.3. The molecule has 0 aromatic heterocycles. The quantitative estimate of drug-likeness (QED) is 0.150. The highest BCUT2D eigenvalue weighted by atomic mass is 127. The van der Waals surface area contributed by atoms with E-state index >= 15 is 0 Å². The molecule has 8 nitrogen and oxygen atoms in total. The van der Waals surface area contributed by atoms with Gasteiger partial charge in [-0.1, -0.05) is 58.5 Å². The molecule has 2 aliphatic rings. The van der Waals surface area contributed by atoms with Crippen molar-refractivity contribution in [2.45, 2.75) is 42.2 Å². The second kappa shape index (κ2) is 12.9. The van der Waals surface area contributed by atoms with E-state index in [1.54, 1.807) is 18.0 Å². The van der Waals surface area contributed by atoms with Gasteiger partial charge in [-0.05, 0) is 62.8 Å². The molecule has 2 heterocycles. The lowest BCUT2D eigenvalue weighted by atomic mass is 9.89. The SMILES string of the molecule is Cc1cccc(C(=O)N[C@H](C(=O)N2CCC(I)(N(CN(C)C=O)c3ccccc3)CC2)C2CCOCC2)c1. The summed E-state index contributed by atoms with van der Waals surface area (Å²) in [6, 6.07) is 16.9. The molecule has 0 saturated carbocycles. The molecule has 1 atom stereocenters. The molecule has 0 spiro atoms. The molecule has 2 saturated heterocycles. The summed E-state index contributed by atoms with van der Waals surface area (Å²) in [4.78, 5) is 44.3. The first kappa shape index (κ1) is 28.4. The van der Waals surface area contributed by atoms with E-state index in [4.69, 9.17) is 4.74 Å². The predicted molar refractivity (Wildman–Crippen MR) is 156 cm³/mol. The van der Waals surface area contributed by atoms with Gasteiger partial charge in [-0.3, -0.25) is 14.4 Å². The van der Waals surface area contributed by atoms with Crippen LogP contribution in [-0.4, -0.2) is 77.6 Å². The Balaban J connectivity index is 1.49. The van der Waals surface area contributed by atoms with E-state index in [0.29, 0.717) is 38.5 Å².